The molecule has 0 unspecified atom stereocenters. The van der Waals surface area contributed by atoms with E-state index in [9.17, 15) is 8.42 Å². The number of thiophene rings is 1. The highest BCUT2D eigenvalue weighted by molar-refractivity contribution is 7.94. The molecule has 9 heteroatoms. The van der Waals surface area contributed by atoms with Crippen LogP contribution < -0.4 is 10.0 Å². The lowest BCUT2D eigenvalue weighted by atomic mass is 10.3. The SMILES string of the molecule is CNCc1csc(S(=O)(=O)Nc2cc(Cl)c(Cl)cc2Cl)c1. The normalized spacial score (nSPS) is 11.6. The maximum atomic E-state index is 12.3. The van der Waals surface area contributed by atoms with Gasteiger partial charge in [0.25, 0.3) is 10.0 Å². The fourth-order valence-electron chi connectivity index (χ4n) is 1.59. The van der Waals surface area contributed by atoms with E-state index in [1.807, 2.05) is 0 Å². The number of benzene rings is 1. The van der Waals surface area contributed by atoms with Gasteiger partial charge in [0.05, 0.1) is 20.8 Å². The predicted molar refractivity (Wildman–Crippen MR) is 89.4 cm³/mol. The molecule has 0 saturated heterocycles. The van der Waals surface area contributed by atoms with E-state index in [0.717, 1.165) is 16.9 Å². The lowest BCUT2D eigenvalue weighted by Crippen LogP contribution is -2.12. The van der Waals surface area contributed by atoms with Gasteiger partial charge in [0.2, 0.25) is 0 Å². The van der Waals surface area contributed by atoms with Gasteiger partial charge in [-0.25, -0.2) is 8.42 Å². The Morgan fingerprint density at radius 3 is 2.43 bits per heavy atom. The van der Waals surface area contributed by atoms with Crippen LogP contribution in [0.3, 0.4) is 0 Å². The molecule has 2 N–H and O–H groups in total. The summed E-state index contributed by atoms with van der Waals surface area (Å²) >= 11 is 18.8. The minimum absolute atomic E-state index is 0.181. The first-order valence-corrected chi connectivity index (χ1v) is 9.22. The molecule has 0 atom stereocenters. The van der Waals surface area contributed by atoms with Gasteiger partial charge in [-0.05, 0) is 36.2 Å². The molecule has 1 aromatic heterocycles. The van der Waals surface area contributed by atoms with Crippen LogP contribution in [0.15, 0.2) is 27.8 Å². The highest BCUT2D eigenvalue weighted by Crippen LogP contribution is 2.34. The molecule has 0 aliphatic heterocycles. The van der Waals surface area contributed by atoms with Crippen molar-refractivity contribution in [2.75, 3.05) is 11.8 Å². The molecule has 2 aromatic rings. The third-order valence-corrected chi connectivity index (χ3v) is 6.42. The summed E-state index contributed by atoms with van der Waals surface area (Å²) < 4.78 is 27.2. The monoisotopic (exact) mass is 384 g/mol. The van der Waals surface area contributed by atoms with Gasteiger partial charge in [-0.2, -0.15) is 0 Å². The minimum atomic E-state index is -3.71. The Hall–Kier alpha value is -0.500. The molecule has 4 nitrogen and oxygen atoms in total. The summed E-state index contributed by atoms with van der Waals surface area (Å²) in [4.78, 5) is 0. The molecule has 0 bridgehead atoms. The van der Waals surface area contributed by atoms with Crippen LogP contribution in [-0.2, 0) is 16.6 Å². The van der Waals surface area contributed by atoms with Crippen molar-refractivity contribution in [1.29, 1.82) is 0 Å². The Morgan fingerprint density at radius 1 is 1.10 bits per heavy atom. The number of rotatable bonds is 5. The van der Waals surface area contributed by atoms with E-state index in [-0.39, 0.29) is 25.0 Å². The second-order valence-electron chi connectivity index (χ2n) is 4.16. The zero-order valence-electron chi connectivity index (χ0n) is 10.8. The maximum absolute atomic E-state index is 12.3. The molecule has 0 aliphatic rings. The van der Waals surface area contributed by atoms with Gasteiger partial charge in [-0.3, -0.25) is 4.72 Å². The molecule has 1 aromatic carbocycles. The van der Waals surface area contributed by atoms with Crippen molar-refractivity contribution >= 4 is 61.9 Å². The van der Waals surface area contributed by atoms with E-state index in [0.29, 0.717) is 6.54 Å². The highest BCUT2D eigenvalue weighted by atomic mass is 35.5. The third-order valence-electron chi connectivity index (χ3n) is 2.53. The quantitative estimate of drug-likeness (QED) is 0.757. The molecule has 0 radical (unpaired) electrons. The van der Waals surface area contributed by atoms with Crippen molar-refractivity contribution in [3.8, 4) is 0 Å². The van der Waals surface area contributed by atoms with Gasteiger partial charge in [-0.15, -0.1) is 11.3 Å². The van der Waals surface area contributed by atoms with Gasteiger partial charge < -0.3 is 5.32 Å². The van der Waals surface area contributed by atoms with Crippen LogP contribution in [0, 0.1) is 0 Å². The van der Waals surface area contributed by atoms with Crippen LogP contribution in [0.25, 0.3) is 0 Å². The van der Waals surface area contributed by atoms with E-state index >= 15 is 0 Å². The van der Waals surface area contributed by atoms with Crippen LogP contribution in [0.2, 0.25) is 15.1 Å². The Kier molecular flexibility index (Phi) is 5.40. The van der Waals surface area contributed by atoms with Gasteiger partial charge >= 0.3 is 0 Å². The van der Waals surface area contributed by atoms with Gasteiger partial charge in [0.1, 0.15) is 4.21 Å². The third kappa shape index (κ3) is 4.03. The molecule has 21 heavy (non-hydrogen) atoms. The van der Waals surface area contributed by atoms with Crippen LogP contribution in [0.5, 0.6) is 0 Å². The number of nitrogens with one attached hydrogen (secondary N) is 2. The molecule has 0 fully saturated rings. The van der Waals surface area contributed by atoms with Crippen molar-refractivity contribution in [1.82, 2.24) is 5.32 Å². The fourth-order valence-corrected chi connectivity index (χ4v) is 4.52. The van der Waals surface area contributed by atoms with E-state index < -0.39 is 10.0 Å². The number of halogens is 3. The smallest absolute Gasteiger partial charge is 0.271 e. The molecule has 2 rings (SSSR count). The molecule has 1 heterocycles. The van der Waals surface area contributed by atoms with Crippen molar-refractivity contribution in [3.05, 3.63) is 44.2 Å². The summed E-state index contributed by atoms with van der Waals surface area (Å²) in [6.45, 7) is 0.597. The first kappa shape index (κ1) is 16.9. The molecular weight excluding hydrogens is 375 g/mol. The summed E-state index contributed by atoms with van der Waals surface area (Å²) in [5.74, 6) is 0. The largest absolute Gasteiger partial charge is 0.316 e. The molecule has 114 valence electrons. The van der Waals surface area contributed by atoms with E-state index in [1.165, 1.54) is 12.1 Å². The topological polar surface area (TPSA) is 58.2 Å². The first-order valence-electron chi connectivity index (χ1n) is 5.73. The van der Waals surface area contributed by atoms with Crippen molar-refractivity contribution in [3.63, 3.8) is 0 Å². The summed E-state index contributed by atoms with van der Waals surface area (Å²) in [7, 11) is -1.92. The van der Waals surface area contributed by atoms with Crippen LogP contribution in [0.4, 0.5) is 5.69 Å². The Bertz CT molecular complexity index is 760. The van der Waals surface area contributed by atoms with Crippen molar-refractivity contribution in [2.24, 2.45) is 0 Å². The molecular formula is C12H11Cl3N2O2S2. The zero-order valence-corrected chi connectivity index (χ0v) is 14.7. The average molecular weight is 386 g/mol. The maximum Gasteiger partial charge on any atom is 0.271 e. The van der Waals surface area contributed by atoms with Crippen LogP contribution >= 0.6 is 46.1 Å². The zero-order chi connectivity index (χ0) is 15.6. The number of hydrogen-bond donors (Lipinski definition) is 2. The molecule has 0 spiro atoms. The summed E-state index contributed by atoms with van der Waals surface area (Å²) in [5.41, 5.74) is 1.08. The second-order valence-corrected chi connectivity index (χ2v) is 8.20. The van der Waals surface area contributed by atoms with Gasteiger partial charge in [-0.1, -0.05) is 34.8 Å². The summed E-state index contributed by atoms with van der Waals surface area (Å²) in [6, 6.07) is 4.38. The fraction of sp³-hybridized carbons (Fsp3) is 0.167. The summed E-state index contributed by atoms with van der Waals surface area (Å²) in [5, 5.41) is 5.40. The first-order chi connectivity index (χ1) is 9.83. The van der Waals surface area contributed by atoms with Gasteiger partial charge in [0.15, 0.2) is 0 Å². The number of hydrogen-bond acceptors (Lipinski definition) is 4. The minimum Gasteiger partial charge on any atom is -0.316 e. The van der Waals surface area contributed by atoms with Crippen LogP contribution in [-0.4, -0.2) is 15.5 Å². The lowest BCUT2D eigenvalue weighted by Gasteiger charge is -2.09. The van der Waals surface area contributed by atoms with E-state index in [1.54, 1.807) is 18.5 Å². The standard InChI is InChI=1S/C12H11Cl3N2O2S2/c1-16-5-7-2-12(20-6-7)21(18,19)17-11-4-9(14)8(13)3-10(11)15/h2-4,6,16-17H,5H2,1H3. The summed E-state index contributed by atoms with van der Waals surface area (Å²) in [6.07, 6.45) is 0. The molecule has 0 aliphatic carbocycles. The van der Waals surface area contributed by atoms with E-state index in [4.69, 9.17) is 34.8 Å². The van der Waals surface area contributed by atoms with Crippen LogP contribution in [0.1, 0.15) is 5.56 Å². The second kappa shape index (κ2) is 6.73. The van der Waals surface area contributed by atoms with E-state index in [2.05, 4.69) is 10.0 Å². The van der Waals surface area contributed by atoms with Crippen molar-refractivity contribution < 1.29 is 8.42 Å². The lowest BCUT2D eigenvalue weighted by molar-refractivity contribution is 0.603. The highest BCUT2D eigenvalue weighted by Gasteiger charge is 2.19. The molecule has 0 amide bonds. The Balaban J connectivity index is 2.30. The van der Waals surface area contributed by atoms with Crippen molar-refractivity contribution in [2.45, 2.75) is 10.8 Å². The molecule has 0 saturated carbocycles. The Labute approximate surface area is 142 Å². The number of anilines is 1. The van der Waals surface area contributed by atoms with Gasteiger partial charge in [0, 0.05) is 6.54 Å². The predicted octanol–water partition coefficient (Wildman–Crippen LogP) is 4.23. The Morgan fingerprint density at radius 2 is 1.76 bits per heavy atom. The average Bonchev–Trinajstić information content (AvgIpc) is 2.86. The number of sulfonamides is 1.